The molecule has 4 heteroatoms. The average molecular weight is 262 g/mol. The van der Waals surface area contributed by atoms with Gasteiger partial charge in [-0.15, -0.1) is 0 Å². The van der Waals surface area contributed by atoms with Crippen LogP contribution in [0.2, 0.25) is 0 Å². The van der Waals surface area contributed by atoms with Gasteiger partial charge in [0.15, 0.2) is 0 Å². The van der Waals surface area contributed by atoms with Gasteiger partial charge in [-0.05, 0) is 49.3 Å². The van der Waals surface area contributed by atoms with Crippen molar-refractivity contribution in [1.82, 2.24) is 0 Å². The summed E-state index contributed by atoms with van der Waals surface area (Å²) in [6.45, 7) is 4.58. The Labute approximate surface area is 114 Å². The molecule has 1 aromatic rings. The van der Waals surface area contributed by atoms with Crippen LogP contribution >= 0.6 is 0 Å². The summed E-state index contributed by atoms with van der Waals surface area (Å²) in [7, 11) is 0. The Balaban J connectivity index is 2.04. The van der Waals surface area contributed by atoms with Gasteiger partial charge < -0.3 is 16.2 Å². The quantitative estimate of drug-likeness (QED) is 0.822. The molecule has 0 radical (unpaired) electrons. The van der Waals surface area contributed by atoms with E-state index in [1.165, 1.54) is 0 Å². The largest absolute Gasteiger partial charge is 0.490 e. The first kappa shape index (κ1) is 13.7. The van der Waals surface area contributed by atoms with E-state index < -0.39 is 5.91 Å². The monoisotopic (exact) mass is 262 g/mol. The molecular formula is C15H22N2O2. The van der Waals surface area contributed by atoms with Crippen LogP contribution in [0.1, 0.15) is 49.9 Å². The minimum atomic E-state index is -0.521. The van der Waals surface area contributed by atoms with Crippen LogP contribution in [-0.4, -0.2) is 12.0 Å². The van der Waals surface area contributed by atoms with Crippen LogP contribution in [0.25, 0.3) is 0 Å². The molecule has 1 aromatic carbocycles. The molecule has 1 saturated carbocycles. The van der Waals surface area contributed by atoms with E-state index in [1.807, 2.05) is 0 Å². The van der Waals surface area contributed by atoms with E-state index in [2.05, 4.69) is 13.8 Å². The molecule has 0 atom stereocenters. The summed E-state index contributed by atoms with van der Waals surface area (Å²) < 4.78 is 5.93. The van der Waals surface area contributed by atoms with Gasteiger partial charge in [-0.3, -0.25) is 4.79 Å². The number of carbonyl (C=O) groups is 1. The maximum absolute atomic E-state index is 11.2. The molecule has 1 aliphatic rings. The number of hydrogen-bond donors (Lipinski definition) is 2. The van der Waals surface area contributed by atoms with Gasteiger partial charge in [0.05, 0.1) is 11.7 Å². The predicted octanol–water partition coefficient (Wildman–Crippen LogP) is 2.72. The summed E-state index contributed by atoms with van der Waals surface area (Å²) in [5, 5.41) is 0. The van der Waals surface area contributed by atoms with Crippen LogP contribution < -0.4 is 16.2 Å². The molecule has 0 aromatic heterocycles. The SMILES string of the molecule is CC1(C)CCC(Oc2ccc(N)c(C(N)=O)c2)CC1. The lowest BCUT2D eigenvalue weighted by Gasteiger charge is -2.34. The zero-order chi connectivity index (χ0) is 14.0. The molecule has 0 aliphatic heterocycles. The summed E-state index contributed by atoms with van der Waals surface area (Å²) in [6.07, 6.45) is 4.63. The fourth-order valence-electron chi connectivity index (χ4n) is 2.51. The molecule has 0 spiro atoms. The number of ether oxygens (including phenoxy) is 1. The molecule has 2 rings (SSSR count). The number of amides is 1. The third kappa shape index (κ3) is 3.40. The van der Waals surface area contributed by atoms with Gasteiger partial charge in [-0.1, -0.05) is 13.8 Å². The van der Waals surface area contributed by atoms with Gasteiger partial charge >= 0.3 is 0 Å². The van der Waals surface area contributed by atoms with Crippen molar-refractivity contribution in [3.8, 4) is 5.75 Å². The summed E-state index contributed by atoms with van der Waals surface area (Å²) in [5.74, 6) is 0.153. The van der Waals surface area contributed by atoms with Crippen molar-refractivity contribution in [2.75, 3.05) is 5.73 Å². The summed E-state index contributed by atoms with van der Waals surface area (Å²) >= 11 is 0. The highest BCUT2D eigenvalue weighted by molar-refractivity contribution is 5.98. The molecular weight excluding hydrogens is 240 g/mol. The number of benzene rings is 1. The summed E-state index contributed by atoms with van der Waals surface area (Å²) in [5.41, 5.74) is 12.1. The second-order valence-electron chi connectivity index (χ2n) is 6.09. The lowest BCUT2D eigenvalue weighted by atomic mass is 9.76. The van der Waals surface area contributed by atoms with Crippen LogP contribution in [0.15, 0.2) is 18.2 Å². The Morgan fingerprint density at radius 2 is 1.95 bits per heavy atom. The predicted molar refractivity (Wildman–Crippen MR) is 76.0 cm³/mol. The Bertz CT molecular complexity index is 473. The molecule has 0 saturated heterocycles. The van der Waals surface area contributed by atoms with Crippen LogP contribution in [0.4, 0.5) is 5.69 Å². The first-order valence-corrected chi connectivity index (χ1v) is 6.73. The summed E-state index contributed by atoms with van der Waals surface area (Å²) in [6, 6.07) is 5.10. The van der Waals surface area contributed by atoms with Gasteiger partial charge in [0.1, 0.15) is 5.75 Å². The standard InChI is InChI=1S/C15H22N2O2/c1-15(2)7-5-10(6-8-15)19-11-3-4-13(16)12(9-11)14(17)18/h3-4,9-10H,5-8,16H2,1-2H3,(H2,17,18). The Morgan fingerprint density at radius 3 is 2.53 bits per heavy atom. The number of nitrogen functional groups attached to an aromatic ring is 1. The first-order valence-electron chi connectivity index (χ1n) is 6.73. The summed E-state index contributed by atoms with van der Waals surface area (Å²) in [4.78, 5) is 11.2. The smallest absolute Gasteiger partial charge is 0.250 e. The third-order valence-corrected chi connectivity index (χ3v) is 3.88. The zero-order valence-corrected chi connectivity index (χ0v) is 11.6. The second-order valence-corrected chi connectivity index (χ2v) is 6.09. The zero-order valence-electron chi connectivity index (χ0n) is 11.6. The molecule has 19 heavy (non-hydrogen) atoms. The topological polar surface area (TPSA) is 78.3 Å². The second kappa shape index (κ2) is 5.11. The van der Waals surface area contributed by atoms with Crippen LogP contribution in [-0.2, 0) is 0 Å². The minimum Gasteiger partial charge on any atom is -0.490 e. The van der Waals surface area contributed by atoms with E-state index in [1.54, 1.807) is 18.2 Å². The molecule has 1 fully saturated rings. The maximum Gasteiger partial charge on any atom is 0.250 e. The highest BCUT2D eigenvalue weighted by atomic mass is 16.5. The molecule has 4 nitrogen and oxygen atoms in total. The lowest BCUT2D eigenvalue weighted by molar-refractivity contribution is 0.0972. The highest BCUT2D eigenvalue weighted by Gasteiger charge is 2.27. The number of anilines is 1. The minimum absolute atomic E-state index is 0.220. The van der Waals surface area contributed by atoms with Crippen molar-refractivity contribution < 1.29 is 9.53 Å². The number of primary amides is 1. The number of hydrogen-bond acceptors (Lipinski definition) is 3. The molecule has 0 heterocycles. The van der Waals surface area contributed by atoms with Crippen molar-refractivity contribution in [3.05, 3.63) is 23.8 Å². The maximum atomic E-state index is 11.2. The number of carbonyl (C=O) groups excluding carboxylic acids is 1. The van der Waals surface area contributed by atoms with E-state index in [9.17, 15) is 4.79 Å². The van der Waals surface area contributed by atoms with E-state index >= 15 is 0 Å². The average Bonchev–Trinajstić information content (AvgIpc) is 2.34. The molecule has 104 valence electrons. The number of rotatable bonds is 3. The van der Waals surface area contributed by atoms with Crippen LogP contribution in [0.5, 0.6) is 5.75 Å². The van der Waals surface area contributed by atoms with Crippen molar-refractivity contribution >= 4 is 11.6 Å². The van der Waals surface area contributed by atoms with Gasteiger partial charge in [0, 0.05) is 5.69 Å². The van der Waals surface area contributed by atoms with Crippen LogP contribution in [0.3, 0.4) is 0 Å². The Hall–Kier alpha value is -1.71. The number of nitrogens with two attached hydrogens (primary N) is 2. The van der Waals surface area contributed by atoms with Gasteiger partial charge in [-0.25, -0.2) is 0 Å². The third-order valence-electron chi connectivity index (χ3n) is 3.88. The molecule has 0 unspecified atom stereocenters. The van der Waals surface area contributed by atoms with Crippen LogP contribution in [0, 0.1) is 5.41 Å². The van der Waals surface area contributed by atoms with Crippen molar-refractivity contribution in [3.63, 3.8) is 0 Å². The van der Waals surface area contributed by atoms with E-state index in [-0.39, 0.29) is 6.10 Å². The molecule has 1 aliphatic carbocycles. The first-order chi connectivity index (χ1) is 8.87. The van der Waals surface area contributed by atoms with Crippen molar-refractivity contribution in [1.29, 1.82) is 0 Å². The van der Waals surface area contributed by atoms with E-state index in [0.29, 0.717) is 22.4 Å². The molecule has 4 N–H and O–H groups in total. The fourth-order valence-corrected chi connectivity index (χ4v) is 2.51. The lowest BCUT2D eigenvalue weighted by Crippen LogP contribution is -2.28. The highest BCUT2D eigenvalue weighted by Crippen LogP contribution is 2.36. The van der Waals surface area contributed by atoms with Crippen molar-refractivity contribution in [2.45, 2.75) is 45.6 Å². The van der Waals surface area contributed by atoms with E-state index in [0.717, 1.165) is 25.7 Å². The van der Waals surface area contributed by atoms with Gasteiger partial charge in [-0.2, -0.15) is 0 Å². The fraction of sp³-hybridized carbons (Fsp3) is 0.533. The van der Waals surface area contributed by atoms with E-state index in [4.69, 9.17) is 16.2 Å². The van der Waals surface area contributed by atoms with Crippen molar-refractivity contribution in [2.24, 2.45) is 11.1 Å². The van der Waals surface area contributed by atoms with Gasteiger partial charge in [0.2, 0.25) is 0 Å². The molecule has 0 bridgehead atoms. The Morgan fingerprint density at radius 1 is 1.32 bits per heavy atom. The normalized spacial score (nSPS) is 19.1. The molecule has 1 amide bonds. The Kier molecular flexibility index (Phi) is 3.69. The van der Waals surface area contributed by atoms with Gasteiger partial charge in [0.25, 0.3) is 5.91 Å².